The number of alkyl carbamates (subject to hydrolysis) is 1. The average Bonchev–Trinajstić information content (AvgIpc) is 2.70. The second kappa shape index (κ2) is 9.70. The number of esters is 1. The Bertz CT molecular complexity index is 777. The lowest BCUT2D eigenvalue weighted by Crippen LogP contribution is -2.35. The van der Waals surface area contributed by atoms with Crippen molar-refractivity contribution in [2.24, 2.45) is 0 Å². The summed E-state index contributed by atoms with van der Waals surface area (Å²) in [5, 5.41) is 22.8. The van der Waals surface area contributed by atoms with Gasteiger partial charge in [0, 0.05) is 6.54 Å². The molecular weight excluding hydrogens is 350 g/mol. The lowest BCUT2D eigenvalue weighted by molar-refractivity contribution is 0.0183. The van der Waals surface area contributed by atoms with Gasteiger partial charge in [-0.05, 0) is 29.7 Å². The molecule has 7 nitrogen and oxygen atoms in total. The zero-order valence-electron chi connectivity index (χ0n) is 15.2. The molecule has 0 spiro atoms. The molecule has 0 aliphatic heterocycles. The van der Waals surface area contributed by atoms with E-state index < -0.39 is 24.3 Å². The largest absolute Gasteiger partial charge is 0.465 e. The van der Waals surface area contributed by atoms with Crippen molar-refractivity contribution >= 4 is 12.1 Å². The van der Waals surface area contributed by atoms with Gasteiger partial charge in [0.05, 0.1) is 12.7 Å². The van der Waals surface area contributed by atoms with Crippen molar-refractivity contribution in [1.29, 1.82) is 0 Å². The Kier molecular flexibility index (Phi) is 7.34. The summed E-state index contributed by atoms with van der Waals surface area (Å²) in [4.78, 5) is 23.5. The predicted octanol–water partition coefficient (Wildman–Crippen LogP) is 2.10. The molecule has 27 heavy (non-hydrogen) atoms. The number of rotatable bonds is 7. The van der Waals surface area contributed by atoms with E-state index >= 15 is 0 Å². The number of carbonyl (C=O) groups excluding carboxylic acids is 2. The average molecular weight is 373 g/mol. The smallest absolute Gasteiger partial charge is 0.407 e. The summed E-state index contributed by atoms with van der Waals surface area (Å²) in [6.45, 7) is 1.63. The molecule has 0 aliphatic rings. The summed E-state index contributed by atoms with van der Waals surface area (Å²) < 4.78 is 9.74. The highest BCUT2D eigenvalue weighted by Gasteiger charge is 2.21. The maximum absolute atomic E-state index is 11.7. The molecule has 2 aromatic rings. The minimum Gasteiger partial charge on any atom is -0.465 e. The molecule has 1 amide bonds. The van der Waals surface area contributed by atoms with Gasteiger partial charge in [-0.2, -0.15) is 0 Å². The lowest BCUT2D eigenvalue weighted by Gasteiger charge is -2.19. The summed E-state index contributed by atoms with van der Waals surface area (Å²) in [5.41, 5.74) is 2.17. The third-order valence-electron chi connectivity index (χ3n) is 4.04. The molecule has 0 radical (unpaired) electrons. The molecule has 0 saturated heterocycles. The van der Waals surface area contributed by atoms with Crippen LogP contribution in [0.1, 0.15) is 33.2 Å². The summed E-state index contributed by atoms with van der Waals surface area (Å²) in [7, 11) is 1.27. The number of aliphatic hydroxyl groups excluding tert-OH is 2. The second-order valence-corrected chi connectivity index (χ2v) is 6.02. The van der Waals surface area contributed by atoms with Crippen LogP contribution in [-0.4, -0.2) is 42.0 Å². The number of ether oxygens (including phenoxy) is 2. The van der Waals surface area contributed by atoms with Crippen LogP contribution in [0.5, 0.6) is 0 Å². The molecule has 144 valence electrons. The monoisotopic (exact) mass is 373 g/mol. The number of hydrogen-bond acceptors (Lipinski definition) is 6. The predicted molar refractivity (Wildman–Crippen MR) is 98.1 cm³/mol. The molecular formula is C20H23NO6. The fourth-order valence-electron chi connectivity index (χ4n) is 2.45. The van der Waals surface area contributed by atoms with E-state index in [0.29, 0.717) is 16.7 Å². The summed E-state index contributed by atoms with van der Waals surface area (Å²) in [5.74, 6) is -0.529. The number of methoxy groups -OCH3 is 1. The zero-order valence-corrected chi connectivity index (χ0v) is 15.2. The van der Waals surface area contributed by atoms with Gasteiger partial charge in [0.2, 0.25) is 0 Å². The molecule has 0 aromatic heterocycles. The summed E-state index contributed by atoms with van der Waals surface area (Å²) in [6, 6.07) is 13.9. The Morgan fingerprint density at radius 2 is 1.81 bits per heavy atom. The van der Waals surface area contributed by atoms with Gasteiger partial charge in [-0.25, -0.2) is 9.59 Å². The van der Waals surface area contributed by atoms with E-state index in [2.05, 4.69) is 5.32 Å². The van der Waals surface area contributed by atoms with Crippen molar-refractivity contribution in [2.75, 3.05) is 13.7 Å². The standard InChI is InChI=1S/C20H23NO6/c1-13-8-9-15(10-16(13)19(24)26-2)18(23)17(22)11-21-20(25)27-12-14-6-4-3-5-7-14/h3-10,17-18,22-23H,11-12H2,1-2H3,(H,21,25). The van der Waals surface area contributed by atoms with Crippen LogP contribution < -0.4 is 5.32 Å². The van der Waals surface area contributed by atoms with Gasteiger partial charge in [-0.3, -0.25) is 0 Å². The fraction of sp³-hybridized carbons (Fsp3) is 0.300. The van der Waals surface area contributed by atoms with Crippen LogP contribution in [0.3, 0.4) is 0 Å². The van der Waals surface area contributed by atoms with Gasteiger partial charge >= 0.3 is 12.1 Å². The molecule has 2 aromatic carbocycles. The van der Waals surface area contributed by atoms with Crippen molar-refractivity contribution in [3.05, 3.63) is 70.8 Å². The number of benzene rings is 2. The highest BCUT2D eigenvalue weighted by Crippen LogP contribution is 2.21. The van der Waals surface area contributed by atoms with E-state index in [1.165, 1.54) is 13.2 Å². The quantitative estimate of drug-likeness (QED) is 0.642. The number of hydrogen-bond donors (Lipinski definition) is 3. The molecule has 2 atom stereocenters. The summed E-state index contributed by atoms with van der Waals surface area (Å²) in [6.07, 6.45) is -3.27. The van der Waals surface area contributed by atoms with E-state index in [-0.39, 0.29) is 13.2 Å². The normalized spacial score (nSPS) is 12.7. The van der Waals surface area contributed by atoms with Gasteiger partial charge in [0.1, 0.15) is 18.8 Å². The maximum atomic E-state index is 11.7. The minimum atomic E-state index is -1.29. The van der Waals surface area contributed by atoms with Crippen LogP contribution in [0, 0.1) is 6.92 Å². The Balaban J connectivity index is 1.88. The van der Waals surface area contributed by atoms with Gasteiger partial charge in [0.15, 0.2) is 0 Å². The van der Waals surface area contributed by atoms with Crippen LogP contribution >= 0.6 is 0 Å². The van der Waals surface area contributed by atoms with Gasteiger partial charge in [0.25, 0.3) is 0 Å². The van der Waals surface area contributed by atoms with Gasteiger partial charge in [-0.15, -0.1) is 0 Å². The minimum absolute atomic E-state index is 0.103. The van der Waals surface area contributed by atoms with E-state index in [4.69, 9.17) is 9.47 Å². The highest BCUT2D eigenvalue weighted by atomic mass is 16.5. The van der Waals surface area contributed by atoms with Crippen molar-refractivity contribution in [3.8, 4) is 0 Å². The zero-order chi connectivity index (χ0) is 19.8. The number of amides is 1. The van der Waals surface area contributed by atoms with Gasteiger partial charge in [-0.1, -0.05) is 42.5 Å². The van der Waals surface area contributed by atoms with Crippen molar-refractivity contribution in [3.63, 3.8) is 0 Å². The molecule has 2 unspecified atom stereocenters. The molecule has 0 bridgehead atoms. The first-order chi connectivity index (χ1) is 12.9. The second-order valence-electron chi connectivity index (χ2n) is 6.02. The fourth-order valence-corrected chi connectivity index (χ4v) is 2.45. The van der Waals surface area contributed by atoms with Crippen LogP contribution in [0.4, 0.5) is 4.79 Å². The number of aryl methyl sites for hydroxylation is 1. The molecule has 0 aliphatic carbocycles. The third kappa shape index (κ3) is 5.80. The van der Waals surface area contributed by atoms with E-state index in [1.54, 1.807) is 19.1 Å². The maximum Gasteiger partial charge on any atom is 0.407 e. The van der Waals surface area contributed by atoms with Crippen LogP contribution in [-0.2, 0) is 16.1 Å². The van der Waals surface area contributed by atoms with Crippen LogP contribution in [0.2, 0.25) is 0 Å². The van der Waals surface area contributed by atoms with Gasteiger partial charge < -0.3 is 25.0 Å². The Morgan fingerprint density at radius 1 is 1.11 bits per heavy atom. The Hall–Kier alpha value is -2.90. The number of carbonyl (C=O) groups is 2. The SMILES string of the molecule is COC(=O)c1cc(C(O)C(O)CNC(=O)OCc2ccccc2)ccc1C. The molecule has 3 N–H and O–H groups in total. The molecule has 7 heteroatoms. The molecule has 0 fully saturated rings. The first kappa shape index (κ1) is 20.4. The molecule has 0 saturated carbocycles. The first-order valence-electron chi connectivity index (χ1n) is 8.42. The molecule has 0 heterocycles. The highest BCUT2D eigenvalue weighted by molar-refractivity contribution is 5.91. The number of aliphatic hydroxyl groups is 2. The van der Waals surface area contributed by atoms with E-state index in [9.17, 15) is 19.8 Å². The third-order valence-corrected chi connectivity index (χ3v) is 4.04. The topological polar surface area (TPSA) is 105 Å². The summed E-state index contributed by atoms with van der Waals surface area (Å²) >= 11 is 0. The van der Waals surface area contributed by atoms with Crippen molar-refractivity contribution in [1.82, 2.24) is 5.32 Å². The van der Waals surface area contributed by atoms with E-state index in [0.717, 1.165) is 5.56 Å². The van der Waals surface area contributed by atoms with Crippen LogP contribution in [0.15, 0.2) is 48.5 Å². The van der Waals surface area contributed by atoms with Crippen molar-refractivity contribution < 1.29 is 29.3 Å². The number of nitrogens with one attached hydrogen (secondary N) is 1. The van der Waals surface area contributed by atoms with E-state index in [1.807, 2.05) is 30.3 Å². The first-order valence-corrected chi connectivity index (χ1v) is 8.42. The molecule has 2 rings (SSSR count). The van der Waals surface area contributed by atoms with Crippen LogP contribution in [0.25, 0.3) is 0 Å². The Labute approximate surface area is 157 Å². The van der Waals surface area contributed by atoms with Crippen molar-refractivity contribution in [2.45, 2.75) is 25.7 Å². The lowest BCUT2D eigenvalue weighted by atomic mass is 9.99. The Morgan fingerprint density at radius 3 is 2.48 bits per heavy atom.